The van der Waals surface area contributed by atoms with Crippen molar-refractivity contribution in [3.05, 3.63) is 78.5 Å². The summed E-state index contributed by atoms with van der Waals surface area (Å²) < 4.78 is 33.9. The SMILES string of the molecule is COc1cccc(-c2c[nH]c3ccc(NS(=O)(=O)c4ccc(C(C)(C)C)cc4)cc23)c1. The fourth-order valence-electron chi connectivity index (χ4n) is 3.56. The minimum atomic E-state index is -3.70. The Kier molecular flexibility index (Phi) is 5.27. The van der Waals surface area contributed by atoms with E-state index in [1.165, 1.54) is 0 Å². The van der Waals surface area contributed by atoms with E-state index in [1.54, 1.807) is 25.3 Å². The first-order chi connectivity index (χ1) is 14.7. The molecule has 160 valence electrons. The van der Waals surface area contributed by atoms with Gasteiger partial charge in [0.2, 0.25) is 0 Å². The van der Waals surface area contributed by atoms with Crippen LogP contribution in [0.4, 0.5) is 5.69 Å². The smallest absolute Gasteiger partial charge is 0.261 e. The quantitative estimate of drug-likeness (QED) is 0.408. The van der Waals surface area contributed by atoms with Crippen molar-refractivity contribution in [3.8, 4) is 16.9 Å². The third-order valence-corrected chi connectivity index (χ3v) is 6.74. The first-order valence-corrected chi connectivity index (χ1v) is 11.5. The molecule has 0 unspecified atom stereocenters. The molecule has 0 saturated heterocycles. The zero-order valence-corrected chi connectivity index (χ0v) is 18.9. The van der Waals surface area contributed by atoms with Gasteiger partial charge in [0.15, 0.2) is 0 Å². The summed E-state index contributed by atoms with van der Waals surface area (Å²) in [4.78, 5) is 3.49. The second-order valence-electron chi connectivity index (χ2n) is 8.57. The van der Waals surface area contributed by atoms with Gasteiger partial charge < -0.3 is 9.72 Å². The van der Waals surface area contributed by atoms with Crippen LogP contribution < -0.4 is 9.46 Å². The number of hydrogen-bond acceptors (Lipinski definition) is 3. The fourth-order valence-corrected chi connectivity index (χ4v) is 4.61. The van der Waals surface area contributed by atoms with Gasteiger partial charge in [-0.15, -0.1) is 0 Å². The lowest BCUT2D eigenvalue weighted by molar-refractivity contribution is 0.415. The Labute approximate surface area is 183 Å². The van der Waals surface area contributed by atoms with E-state index < -0.39 is 10.0 Å². The number of aromatic nitrogens is 1. The van der Waals surface area contributed by atoms with Gasteiger partial charge in [0.05, 0.1) is 12.0 Å². The molecule has 0 radical (unpaired) electrons. The molecular formula is C25H26N2O3S. The van der Waals surface area contributed by atoms with Gasteiger partial charge in [-0.1, -0.05) is 45.0 Å². The number of ether oxygens (including phenoxy) is 1. The predicted octanol–water partition coefficient (Wildman–Crippen LogP) is 5.94. The van der Waals surface area contributed by atoms with E-state index in [-0.39, 0.29) is 10.3 Å². The maximum absolute atomic E-state index is 12.9. The highest BCUT2D eigenvalue weighted by Crippen LogP contribution is 2.33. The van der Waals surface area contributed by atoms with Crippen LogP contribution in [-0.4, -0.2) is 20.5 Å². The van der Waals surface area contributed by atoms with Crippen LogP contribution in [0.1, 0.15) is 26.3 Å². The number of rotatable bonds is 5. The molecule has 4 aromatic rings. The Morgan fingerprint density at radius 1 is 0.935 bits per heavy atom. The molecule has 0 aliphatic heterocycles. The Morgan fingerprint density at radius 3 is 2.35 bits per heavy atom. The summed E-state index contributed by atoms with van der Waals surface area (Å²) in [5, 5.41) is 0.927. The van der Waals surface area contributed by atoms with Crippen molar-refractivity contribution < 1.29 is 13.2 Å². The third-order valence-electron chi connectivity index (χ3n) is 5.35. The van der Waals surface area contributed by atoms with Crippen LogP contribution in [0.2, 0.25) is 0 Å². The Balaban J connectivity index is 1.67. The van der Waals surface area contributed by atoms with Gasteiger partial charge in [0.1, 0.15) is 5.75 Å². The number of anilines is 1. The van der Waals surface area contributed by atoms with Crippen molar-refractivity contribution in [3.63, 3.8) is 0 Å². The van der Waals surface area contributed by atoms with Crippen molar-refractivity contribution in [1.82, 2.24) is 4.98 Å². The summed E-state index contributed by atoms with van der Waals surface area (Å²) in [7, 11) is -2.06. The lowest BCUT2D eigenvalue weighted by Gasteiger charge is -2.19. The van der Waals surface area contributed by atoms with Gasteiger partial charge in [0.25, 0.3) is 10.0 Å². The third kappa shape index (κ3) is 4.30. The molecule has 1 heterocycles. The van der Waals surface area contributed by atoms with E-state index in [4.69, 9.17) is 4.74 Å². The van der Waals surface area contributed by atoms with Crippen molar-refractivity contribution in [2.45, 2.75) is 31.1 Å². The molecule has 6 heteroatoms. The Hall–Kier alpha value is -3.25. The van der Waals surface area contributed by atoms with Crippen LogP contribution in [0.3, 0.4) is 0 Å². The molecule has 0 atom stereocenters. The summed E-state index contributed by atoms with van der Waals surface area (Å²) in [6, 6.07) is 20.3. The van der Waals surface area contributed by atoms with E-state index >= 15 is 0 Å². The average Bonchev–Trinajstić information content (AvgIpc) is 3.16. The molecule has 2 N–H and O–H groups in total. The zero-order chi connectivity index (χ0) is 22.2. The Bertz CT molecular complexity index is 1330. The highest BCUT2D eigenvalue weighted by molar-refractivity contribution is 7.92. The van der Waals surface area contributed by atoms with Crippen LogP contribution in [0, 0.1) is 0 Å². The fraction of sp³-hybridized carbons (Fsp3) is 0.200. The van der Waals surface area contributed by atoms with E-state index in [0.717, 1.165) is 33.3 Å². The van der Waals surface area contributed by atoms with E-state index in [1.807, 2.05) is 54.7 Å². The van der Waals surface area contributed by atoms with E-state index in [9.17, 15) is 8.42 Å². The molecule has 4 rings (SSSR count). The summed E-state index contributed by atoms with van der Waals surface area (Å²) in [5.41, 5.74) is 4.45. The summed E-state index contributed by atoms with van der Waals surface area (Å²) >= 11 is 0. The second-order valence-corrected chi connectivity index (χ2v) is 10.3. The van der Waals surface area contributed by atoms with Gasteiger partial charge in [-0.2, -0.15) is 0 Å². The van der Waals surface area contributed by atoms with Crippen molar-refractivity contribution in [1.29, 1.82) is 0 Å². The molecule has 0 bridgehead atoms. The normalized spacial score (nSPS) is 12.1. The number of sulfonamides is 1. The highest BCUT2D eigenvalue weighted by atomic mass is 32.2. The van der Waals surface area contributed by atoms with Crippen molar-refractivity contribution in [2.24, 2.45) is 0 Å². The largest absolute Gasteiger partial charge is 0.497 e. The minimum Gasteiger partial charge on any atom is -0.497 e. The molecule has 0 aliphatic carbocycles. The number of nitrogens with one attached hydrogen (secondary N) is 2. The first-order valence-electron chi connectivity index (χ1n) is 10.1. The summed E-state index contributed by atoms with van der Waals surface area (Å²) in [6.07, 6.45) is 1.92. The number of aromatic amines is 1. The van der Waals surface area contributed by atoms with Crippen LogP contribution in [0.15, 0.2) is 77.8 Å². The highest BCUT2D eigenvalue weighted by Gasteiger charge is 2.18. The molecule has 3 aromatic carbocycles. The van der Waals surface area contributed by atoms with Gasteiger partial charge in [-0.05, 0) is 59.0 Å². The summed E-state index contributed by atoms with van der Waals surface area (Å²) in [6.45, 7) is 6.29. The monoisotopic (exact) mass is 434 g/mol. The predicted molar refractivity (Wildman–Crippen MR) is 126 cm³/mol. The van der Waals surface area contributed by atoms with Gasteiger partial charge in [0, 0.05) is 28.4 Å². The van der Waals surface area contributed by atoms with Gasteiger partial charge in [-0.25, -0.2) is 8.42 Å². The first kappa shape index (κ1) is 21.0. The van der Waals surface area contributed by atoms with Crippen molar-refractivity contribution in [2.75, 3.05) is 11.8 Å². The molecule has 0 saturated carbocycles. The average molecular weight is 435 g/mol. The maximum atomic E-state index is 12.9. The number of fused-ring (bicyclic) bond motifs is 1. The van der Waals surface area contributed by atoms with Gasteiger partial charge >= 0.3 is 0 Å². The second kappa shape index (κ2) is 7.78. The molecule has 5 nitrogen and oxygen atoms in total. The maximum Gasteiger partial charge on any atom is 0.261 e. The molecule has 0 amide bonds. The van der Waals surface area contributed by atoms with Crippen LogP contribution >= 0.6 is 0 Å². The lowest BCUT2D eigenvalue weighted by atomic mass is 9.87. The molecule has 0 spiro atoms. The zero-order valence-electron chi connectivity index (χ0n) is 18.1. The molecule has 0 aliphatic rings. The van der Waals surface area contributed by atoms with Crippen LogP contribution in [0.5, 0.6) is 5.75 Å². The molecule has 1 aromatic heterocycles. The molecule has 0 fully saturated rings. The standard InChI is InChI=1S/C25H26N2O3S/c1-25(2,3)18-8-11-21(12-9-18)31(28,29)27-19-10-13-24-22(15-19)23(16-26-24)17-6-5-7-20(14-17)30-4/h5-16,26-27H,1-4H3. The lowest BCUT2D eigenvalue weighted by Crippen LogP contribution is -2.14. The molecule has 31 heavy (non-hydrogen) atoms. The number of hydrogen-bond donors (Lipinski definition) is 2. The Morgan fingerprint density at radius 2 is 1.68 bits per heavy atom. The topological polar surface area (TPSA) is 71.2 Å². The van der Waals surface area contributed by atoms with Crippen molar-refractivity contribution >= 4 is 26.6 Å². The van der Waals surface area contributed by atoms with Crippen LogP contribution in [-0.2, 0) is 15.4 Å². The number of H-pyrrole nitrogens is 1. The number of methoxy groups -OCH3 is 1. The van der Waals surface area contributed by atoms with E-state index in [0.29, 0.717) is 5.69 Å². The summed E-state index contributed by atoms with van der Waals surface area (Å²) in [5.74, 6) is 0.766. The molecular weight excluding hydrogens is 408 g/mol. The van der Waals surface area contributed by atoms with E-state index in [2.05, 4.69) is 30.5 Å². The number of benzene rings is 3. The van der Waals surface area contributed by atoms with Crippen LogP contribution in [0.25, 0.3) is 22.0 Å². The minimum absolute atomic E-state index is 0.0362. The van der Waals surface area contributed by atoms with Gasteiger partial charge in [-0.3, -0.25) is 4.72 Å².